The van der Waals surface area contributed by atoms with E-state index in [1.54, 1.807) is 11.8 Å². The summed E-state index contributed by atoms with van der Waals surface area (Å²) in [5.41, 5.74) is 2.16. The highest BCUT2D eigenvalue weighted by molar-refractivity contribution is 7.98. The molecule has 0 amide bonds. The molecule has 0 aliphatic heterocycles. The number of nitrogens with zero attached hydrogens (tertiary/aromatic N) is 2. The van der Waals surface area contributed by atoms with Gasteiger partial charge in [0.15, 0.2) is 0 Å². The maximum atomic E-state index is 8.68. The number of aliphatic hydroxyl groups excluding tert-OH is 1. The van der Waals surface area contributed by atoms with Gasteiger partial charge in [-0.2, -0.15) is 16.9 Å². The van der Waals surface area contributed by atoms with Crippen molar-refractivity contribution in [1.29, 1.82) is 0 Å². The van der Waals surface area contributed by atoms with Gasteiger partial charge in [0.1, 0.15) is 0 Å². The van der Waals surface area contributed by atoms with Crippen LogP contribution in [-0.4, -0.2) is 27.2 Å². The molecule has 3 nitrogen and oxygen atoms in total. The standard InChI is InChI=1S/C13H16N2OS/c16-9-4-10-17-11-12-7-8-15(14-12)13-5-2-1-3-6-13/h1-3,5-8,16H,4,9-11H2. The van der Waals surface area contributed by atoms with Crippen LogP contribution in [0.5, 0.6) is 0 Å². The molecular formula is C13H16N2OS. The second kappa shape index (κ2) is 6.47. The molecule has 1 aromatic carbocycles. The average molecular weight is 248 g/mol. The van der Waals surface area contributed by atoms with Crippen LogP contribution in [0.15, 0.2) is 42.6 Å². The van der Waals surface area contributed by atoms with Crippen molar-refractivity contribution in [2.45, 2.75) is 12.2 Å². The van der Waals surface area contributed by atoms with E-state index < -0.39 is 0 Å². The third kappa shape index (κ3) is 3.61. The van der Waals surface area contributed by atoms with Gasteiger partial charge in [0, 0.05) is 18.6 Å². The second-order valence-corrected chi connectivity index (χ2v) is 4.82. The summed E-state index contributed by atoms with van der Waals surface area (Å²) in [6.45, 7) is 0.269. The Hall–Kier alpha value is -1.26. The predicted molar refractivity (Wildman–Crippen MR) is 71.4 cm³/mol. The summed E-state index contributed by atoms with van der Waals surface area (Å²) in [6, 6.07) is 12.1. The maximum Gasteiger partial charge on any atom is 0.0727 e. The quantitative estimate of drug-likeness (QED) is 0.798. The Morgan fingerprint density at radius 2 is 2.00 bits per heavy atom. The molecule has 2 aromatic rings. The van der Waals surface area contributed by atoms with E-state index in [0.29, 0.717) is 0 Å². The van der Waals surface area contributed by atoms with Gasteiger partial charge in [0.05, 0.1) is 11.4 Å². The van der Waals surface area contributed by atoms with E-state index in [4.69, 9.17) is 5.11 Å². The van der Waals surface area contributed by atoms with Crippen LogP contribution in [0.1, 0.15) is 12.1 Å². The van der Waals surface area contributed by atoms with Crippen molar-refractivity contribution >= 4 is 11.8 Å². The summed E-state index contributed by atoms with van der Waals surface area (Å²) in [7, 11) is 0. The number of hydrogen-bond donors (Lipinski definition) is 1. The lowest BCUT2D eigenvalue weighted by molar-refractivity contribution is 0.296. The van der Waals surface area contributed by atoms with E-state index in [1.807, 2.05) is 47.3 Å². The zero-order valence-electron chi connectivity index (χ0n) is 9.62. The molecule has 0 unspecified atom stereocenters. The Bertz CT molecular complexity index is 442. The van der Waals surface area contributed by atoms with Crippen LogP contribution in [0.3, 0.4) is 0 Å². The van der Waals surface area contributed by atoms with Crippen molar-refractivity contribution in [2.75, 3.05) is 12.4 Å². The van der Waals surface area contributed by atoms with Gasteiger partial charge in [0.2, 0.25) is 0 Å². The second-order valence-electron chi connectivity index (χ2n) is 3.72. The molecule has 0 atom stereocenters. The van der Waals surface area contributed by atoms with Crippen LogP contribution in [0.2, 0.25) is 0 Å². The summed E-state index contributed by atoms with van der Waals surface area (Å²) in [5.74, 6) is 1.88. The van der Waals surface area contributed by atoms with Crippen molar-refractivity contribution in [3.05, 3.63) is 48.3 Å². The monoisotopic (exact) mass is 248 g/mol. The number of aromatic nitrogens is 2. The van der Waals surface area contributed by atoms with Crippen LogP contribution < -0.4 is 0 Å². The number of para-hydroxylation sites is 1. The highest BCUT2D eigenvalue weighted by atomic mass is 32.2. The van der Waals surface area contributed by atoms with Crippen LogP contribution >= 0.6 is 11.8 Å². The van der Waals surface area contributed by atoms with Gasteiger partial charge in [-0.25, -0.2) is 4.68 Å². The maximum absolute atomic E-state index is 8.68. The molecule has 0 spiro atoms. The lowest BCUT2D eigenvalue weighted by Gasteiger charge is -2.00. The Morgan fingerprint density at radius 1 is 1.18 bits per heavy atom. The fraction of sp³-hybridized carbons (Fsp3) is 0.308. The van der Waals surface area contributed by atoms with Crippen LogP contribution in [0.25, 0.3) is 5.69 Å². The highest BCUT2D eigenvalue weighted by Gasteiger charge is 2.00. The van der Waals surface area contributed by atoms with Crippen molar-refractivity contribution < 1.29 is 5.11 Å². The largest absolute Gasteiger partial charge is 0.396 e. The fourth-order valence-corrected chi connectivity index (χ4v) is 2.35. The van der Waals surface area contributed by atoms with Gasteiger partial charge in [-0.05, 0) is 30.4 Å². The molecule has 0 bridgehead atoms. The van der Waals surface area contributed by atoms with E-state index in [0.717, 1.165) is 29.3 Å². The summed E-state index contributed by atoms with van der Waals surface area (Å²) in [5, 5.41) is 13.2. The molecule has 2 rings (SSSR count). The minimum Gasteiger partial charge on any atom is -0.396 e. The zero-order valence-corrected chi connectivity index (χ0v) is 10.4. The predicted octanol–water partition coefficient (Wildman–Crippen LogP) is 2.49. The zero-order chi connectivity index (χ0) is 11.9. The van der Waals surface area contributed by atoms with Gasteiger partial charge in [-0.1, -0.05) is 18.2 Å². The lowest BCUT2D eigenvalue weighted by Crippen LogP contribution is -1.95. The highest BCUT2D eigenvalue weighted by Crippen LogP contribution is 2.13. The lowest BCUT2D eigenvalue weighted by atomic mass is 10.3. The third-order valence-electron chi connectivity index (χ3n) is 2.36. The molecule has 0 fully saturated rings. The van der Waals surface area contributed by atoms with Gasteiger partial charge >= 0.3 is 0 Å². The van der Waals surface area contributed by atoms with E-state index in [1.165, 1.54) is 0 Å². The van der Waals surface area contributed by atoms with Crippen LogP contribution in [-0.2, 0) is 5.75 Å². The minimum atomic E-state index is 0.269. The first-order valence-electron chi connectivity index (χ1n) is 5.69. The Kier molecular flexibility index (Phi) is 4.64. The first kappa shape index (κ1) is 12.2. The first-order valence-corrected chi connectivity index (χ1v) is 6.84. The van der Waals surface area contributed by atoms with E-state index in [9.17, 15) is 0 Å². The molecule has 90 valence electrons. The molecule has 4 heteroatoms. The number of hydrogen-bond acceptors (Lipinski definition) is 3. The number of rotatable bonds is 6. The van der Waals surface area contributed by atoms with Crippen molar-refractivity contribution in [3.63, 3.8) is 0 Å². The van der Waals surface area contributed by atoms with Gasteiger partial charge in [0.25, 0.3) is 0 Å². The summed E-state index contributed by atoms with van der Waals surface area (Å²) < 4.78 is 1.89. The SMILES string of the molecule is OCCCSCc1ccn(-c2ccccc2)n1. The summed E-state index contributed by atoms with van der Waals surface area (Å²) in [4.78, 5) is 0. The molecule has 0 aliphatic rings. The molecule has 0 aliphatic carbocycles. The van der Waals surface area contributed by atoms with Crippen molar-refractivity contribution in [2.24, 2.45) is 0 Å². The van der Waals surface area contributed by atoms with E-state index in [2.05, 4.69) is 5.10 Å². The molecule has 0 saturated carbocycles. The number of thioether (sulfide) groups is 1. The third-order valence-corrected chi connectivity index (χ3v) is 3.44. The van der Waals surface area contributed by atoms with E-state index >= 15 is 0 Å². The molecule has 0 radical (unpaired) electrons. The van der Waals surface area contributed by atoms with Gasteiger partial charge in [-0.15, -0.1) is 0 Å². The molecular weight excluding hydrogens is 232 g/mol. The first-order chi connectivity index (χ1) is 8.40. The Balaban J connectivity index is 1.92. The number of aliphatic hydroxyl groups is 1. The number of benzene rings is 1. The minimum absolute atomic E-state index is 0.269. The molecule has 1 heterocycles. The Morgan fingerprint density at radius 3 is 2.76 bits per heavy atom. The smallest absolute Gasteiger partial charge is 0.0727 e. The molecule has 1 aromatic heterocycles. The summed E-state index contributed by atoms with van der Waals surface area (Å²) >= 11 is 1.80. The Labute approximate surface area is 105 Å². The topological polar surface area (TPSA) is 38.0 Å². The molecule has 0 saturated heterocycles. The normalized spacial score (nSPS) is 10.6. The average Bonchev–Trinajstić information content (AvgIpc) is 2.85. The fourth-order valence-electron chi connectivity index (χ4n) is 1.51. The van der Waals surface area contributed by atoms with Crippen LogP contribution in [0, 0.1) is 0 Å². The molecule has 17 heavy (non-hydrogen) atoms. The van der Waals surface area contributed by atoms with Gasteiger partial charge < -0.3 is 5.11 Å². The van der Waals surface area contributed by atoms with Crippen molar-refractivity contribution in [1.82, 2.24) is 9.78 Å². The van der Waals surface area contributed by atoms with Crippen LogP contribution in [0.4, 0.5) is 0 Å². The van der Waals surface area contributed by atoms with E-state index in [-0.39, 0.29) is 6.61 Å². The summed E-state index contributed by atoms with van der Waals surface area (Å²) in [6.07, 6.45) is 2.83. The van der Waals surface area contributed by atoms with Gasteiger partial charge in [-0.3, -0.25) is 0 Å². The molecule has 1 N–H and O–H groups in total. The van der Waals surface area contributed by atoms with Crippen molar-refractivity contribution in [3.8, 4) is 5.69 Å².